The van der Waals surface area contributed by atoms with Crippen molar-refractivity contribution < 1.29 is 23.1 Å². The highest BCUT2D eigenvalue weighted by Gasteiger charge is 2.41. The van der Waals surface area contributed by atoms with E-state index in [9.17, 15) is 23.1 Å². The number of aliphatic carboxylic acids is 1. The van der Waals surface area contributed by atoms with Gasteiger partial charge in [-0.2, -0.15) is 18.2 Å². The van der Waals surface area contributed by atoms with Gasteiger partial charge in [-0.3, -0.25) is 0 Å². The highest BCUT2D eigenvalue weighted by atomic mass is 35.5. The molecule has 3 rings (SSSR count). The van der Waals surface area contributed by atoms with Gasteiger partial charge in [0.15, 0.2) is 0 Å². The second-order valence-corrected chi connectivity index (χ2v) is 7.32. The van der Waals surface area contributed by atoms with Crippen LogP contribution in [0.5, 0.6) is 0 Å². The van der Waals surface area contributed by atoms with Crippen LogP contribution in [0.4, 0.5) is 30.6 Å². The van der Waals surface area contributed by atoms with E-state index in [1.165, 1.54) is 23.9 Å². The number of nitrogens with one attached hydrogen (secondary N) is 1. The molecular formula is C15H11Cl2F3N4O2S. The number of carboxylic acids is 1. The number of aromatic nitrogens is 2. The van der Waals surface area contributed by atoms with Gasteiger partial charge in [-0.25, -0.2) is 9.78 Å². The first-order valence-corrected chi connectivity index (χ1v) is 9.31. The lowest BCUT2D eigenvalue weighted by Crippen LogP contribution is -2.39. The molecule has 0 saturated carbocycles. The van der Waals surface area contributed by atoms with Crippen LogP contribution in [0.15, 0.2) is 24.4 Å². The first-order chi connectivity index (χ1) is 12.7. The van der Waals surface area contributed by atoms with Crippen LogP contribution < -0.4 is 10.2 Å². The number of nitrogens with zero attached hydrogens (tertiary/aromatic N) is 3. The van der Waals surface area contributed by atoms with Crippen molar-refractivity contribution in [2.75, 3.05) is 21.8 Å². The summed E-state index contributed by atoms with van der Waals surface area (Å²) in [4.78, 5) is 20.1. The summed E-state index contributed by atoms with van der Waals surface area (Å²) in [5.41, 5.74) is -0.684. The standard InChI is InChI=1S/C15H11Cl2F3N4O2S/c16-9-2-1-7(3-10(9)17)22-14-21-4-8(15(18,19)20)12(23-14)24-6-27-5-11(24)13(25)26/h1-4,11H,5-6H2,(H,25,26)(H,21,22,23). The van der Waals surface area contributed by atoms with Crippen molar-refractivity contribution in [2.24, 2.45) is 0 Å². The van der Waals surface area contributed by atoms with Crippen LogP contribution in [0.2, 0.25) is 10.0 Å². The Hall–Kier alpha value is -1.91. The largest absolute Gasteiger partial charge is 0.480 e. The van der Waals surface area contributed by atoms with E-state index in [-0.39, 0.29) is 22.6 Å². The summed E-state index contributed by atoms with van der Waals surface area (Å²) in [5.74, 6) is -1.60. The van der Waals surface area contributed by atoms with Crippen molar-refractivity contribution >= 4 is 58.4 Å². The van der Waals surface area contributed by atoms with Crippen LogP contribution in [0.25, 0.3) is 0 Å². The van der Waals surface area contributed by atoms with Crippen molar-refractivity contribution in [2.45, 2.75) is 12.2 Å². The number of carboxylic acid groups (broad SMARTS) is 1. The maximum Gasteiger partial charge on any atom is 0.421 e. The van der Waals surface area contributed by atoms with Crippen LogP contribution in [-0.4, -0.2) is 38.7 Å². The SMILES string of the molecule is O=C(O)C1CSCN1c1nc(Nc2ccc(Cl)c(Cl)c2)ncc1C(F)(F)F. The molecule has 2 heterocycles. The van der Waals surface area contributed by atoms with Gasteiger partial charge in [-0.05, 0) is 18.2 Å². The Labute approximate surface area is 165 Å². The van der Waals surface area contributed by atoms with E-state index in [0.29, 0.717) is 16.9 Å². The molecule has 0 bridgehead atoms. The Bertz CT molecular complexity index is 885. The van der Waals surface area contributed by atoms with E-state index in [1.807, 2.05) is 0 Å². The Kier molecular flexibility index (Phi) is 5.59. The Morgan fingerprint density at radius 2 is 2.07 bits per heavy atom. The zero-order chi connectivity index (χ0) is 19.8. The van der Waals surface area contributed by atoms with Gasteiger partial charge < -0.3 is 15.3 Å². The number of halogens is 5. The average Bonchev–Trinajstić information content (AvgIpc) is 3.07. The van der Waals surface area contributed by atoms with Crippen molar-refractivity contribution in [1.29, 1.82) is 0 Å². The van der Waals surface area contributed by atoms with Gasteiger partial charge in [0.2, 0.25) is 5.95 Å². The first-order valence-electron chi connectivity index (χ1n) is 7.40. The van der Waals surface area contributed by atoms with Gasteiger partial charge in [-0.1, -0.05) is 23.2 Å². The maximum atomic E-state index is 13.4. The van der Waals surface area contributed by atoms with Gasteiger partial charge in [0.05, 0.1) is 15.9 Å². The second-order valence-electron chi connectivity index (χ2n) is 5.51. The minimum atomic E-state index is -4.73. The third kappa shape index (κ3) is 4.33. The predicted octanol–water partition coefficient (Wildman–Crippen LogP) is 4.51. The molecule has 0 amide bonds. The maximum absolute atomic E-state index is 13.4. The molecule has 6 nitrogen and oxygen atoms in total. The lowest BCUT2D eigenvalue weighted by Gasteiger charge is -2.25. The molecule has 144 valence electrons. The minimum absolute atomic E-state index is 0.0727. The summed E-state index contributed by atoms with van der Waals surface area (Å²) in [6.45, 7) is 0. The highest BCUT2D eigenvalue weighted by molar-refractivity contribution is 7.99. The number of carbonyl (C=O) groups is 1. The van der Waals surface area contributed by atoms with Crippen LogP contribution >= 0.6 is 35.0 Å². The fraction of sp³-hybridized carbons (Fsp3) is 0.267. The zero-order valence-corrected chi connectivity index (χ0v) is 15.6. The first kappa shape index (κ1) is 19.8. The summed E-state index contributed by atoms with van der Waals surface area (Å²) >= 11 is 13.0. The molecule has 1 unspecified atom stereocenters. The number of anilines is 3. The Balaban J connectivity index is 2.00. The number of rotatable bonds is 4. The molecule has 1 aromatic heterocycles. The van der Waals surface area contributed by atoms with Crippen LogP contribution in [-0.2, 0) is 11.0 Å². The summed E-state index contributed by atoms with van der Waals surface area (Å²) < 4.78 is 40.1. The van der Waals surface area contributed by atoms with Gasteiger partial charge in [0.1, 0.15) is 17.4 Å². The molecule has 1 aliphatic rings. The second kappa shape index (κ2) is 7.61. The number of alkyl halides is 3. The fourth-order valence-electron chi connectivity index (χ4n) is 2.41. The zero-order valence-electron chi connectivity index (χ0n) is 13.3. The lowest BCUT2D eigenvalue weighted by molar-refractivity contribution is -0.140. The van der Waals surface area contributed by atoms with Crippen LogP contribution in [0, 0.1) is 0 Å². The molecule has 12 heteroatoms. The molecule has 0 radical (unpaired) electrons. The normalized spacial score (nSPS) is 17.2. The monoisotopic (exact) mass is 438 g/mol. The summed E-state index contributed by atoms with van der Waals surface area (Å²) in [5, 5.41) is 12.6. The van der Waals surface area contributed by atoms with E-state index in [4.69, 9.17) is 23.2 Å². The number of hydrogen-bond acceptors (Lipinski definition) is 6. The molecule has 1 atom stereocenters. The third-order valence-electron chi connectivity index (χ3n) is 3.69. The van der Waals surface area contributed by atoms with Crippen LogP contribution in [0.3, 0.4) is 0 Å². The van der Waals surface area contributed by atoms with Gasteiger partial charge in [0.25, 0.3) is 0 Å². The summed E-state index contributed by atoms with van der Waals surface area (Å²) in [6, 6.07) is 3.43. The molecule has 1 saturated heterocycles. The summed E-state index contributed by atoms with van der Waals surface area (Å²) in [6.07, 6.45) is -4.10. The van der Waals surface area contributed by atoms with E-state index in [0.717, 1.165) is 4.90 Å². The lowest BCUT2D eigenvalue weighted by atomic mass is 10.2. The van der Waals surface area contributed by atoms with Crippen molar-refractivity contribution in [3.05, 3.63) is 40.0 Å². The number of hydrogen-bond donors (Lipinski definition) is 2. The molecule has 1 aliphatic heterocycles. The summed E-state index contributed by atoms with van der Waals surface area (Å²) in [7, 11) is 0. The fourth-order valence-corrected chi connectivity index (χ4v) is 3.86. The van der Waals surface area contributed by atoms with Gasteiger partial charge in [0, 0.05) is 17.6 Å². The topological polar surface area (TPSA) is 78.3 Å². The van der Waals surface area contributed by atoms with E-state index in [2.05, 4.69) is 15.3 Å². The minimum Gasteiger partial charge on any atom is -0.480 e. The molecule has 2 aromatic rings. The highest BCUT2D eigenvalue weighted by Crippen LogP contribution is 2.39. The van der Waals surface area contributed by atoms with Crippen molar-refractivity contribution in [3.63, 3.8) is 0 Å². The number of thioether (sulfide) groups is 1. The molecule has 0 aliphatic carbocycles. The van der Waals surface area contributed by atoms with E-state index in [1.54, 1.807) is 6.07 Å². The Morgan fingerprint density at radius 3 is 2.70 bits per heavy atom. The van der Waals surface area contributed by atoms with Crippen LogP contribution in [0.1, 0.15) is 5.56 Å². The van der Waals surface area contributed by atoms with Gasteiger partial charge in [-0.15, -0.1) is 11.8 Å². The van der Waals surface area contributed by atoms with E-state index < -0.39 is 29.6 Å². The van der Waals surface area contributed by atoms with E-state index >= 15 is 0 Å². The molecule has 0 spiro atoms. The molecule has 2 N–H and O–H groups in total. The predicted molar refractivity (Wildman–Crippen MR) is 98.0 cm³/mol. The Morgan fingerprint density at radius 1 is 1.33 bits per heavy atom. The molecule has 1 aromatic carbocycles. The third-order valence-corrected chi connectivity index (χ3v) is 5.44. The van der Waals surface area contributed by atoms with Crippen molar-refractivity contribution in [3.8, 4) is 0 Å². The molecular weight excluding hydrogens is 428 g/mol. The van der Waals surface area contributed by atoms with Crippen molar-refractivity contribution in [1.82, 2.24) is 9.97 Å². The number of benzene rings is 1. The molecule has 27 heavy (non-hydrogen) atoms. The molecule has 1 fully saturated rings. The van der Waals surface area contributed by atoms with Gasteiger partial charge >= 0.3 is 12.1 Å². The quantitative estimate of drug-likeness (QED) is 0.726. The average molecular weight is 439 g/mol. The smallest absolute Gasteiger partial charge is 0.421 e.